The summed E-state index contributed by atoms with van der Waals surface area (Å²) in [6.07, 6.45) is -0.236. The highest BCUT2D eigenvalue weighted by molar-refractivity contribution is 6.31. The van der Waals surface area contributed by atoms with Crippen LogP contribution in [-0.2, 0) is 16.8 Å². The topological polar surface area (TPSA) is 81.9 Å². The van der Waals surface area contributed by atoms with E-state index in [1.54, 1.807) is 25.5 Å². The molecule has 36 heavy (non-hydrogen) atoms. The van der Waals surface area contributed by atoms with Crippen molar-refractivity contribution in [3.8, 4) is 11.4 Å². The van der Waals surface area contributed by atoms with Crippen LogP contribution in [0.15, 0.2) is 42.7 Å². The molecule has 0 spiro atoms. The summed E-state index contributed by atoms with van der Waals surface area (Å²) in [7, 11) is 1.65. The Morgan fingerprint density at radius 1 is 1.31 bits per heavy atom. The first-order valence-corrected chi connectivity index (χ1v) is 11.7. The lowest BCUT2D eigenvalue weighted by Crippen LogP contribution is -2.47. The largest absolute Gasteiger partial charge is 0.487 e. The molecule has 7 nitrogen and oxygen atoms in total. The van der Waals surface area contributed by atoms with Crippen LogP contribution in [0, 0.1) is 19.7 Å². The quantitative estimate of drug-likeness (QED) is 0.378. The first-order valence-electron chi connectivity index (χ1n) is 11.3. The fourth-order valence-corrected chi connectivity index (χ4v) is 4.35. The standard InChI is InChI=1S/C25H25BClF2N5O2/c1-13-8-21(34-15(3)30-12-31-34)17-6-5-7-22(23(17)32-13)36-11-18-19(9-16(29)10-20(18)27)25(4,26)33-24(35)14(2)28/h5-10,12,14H,11,26H2,1-4H3,(H,33,35)/t14-,25-/m0/s1. The number of nitrogens with zero attached hydrogens (tertiary/aromatic N) is 4. The third-order valence-electron chi connectivity index (χ3n) is 5.86. The van der Waals surface area contributed by atoms with Gasteiger partial charge >= 0.3 is 0 Å². The minimum Gasteiger partial charge on any atom is -0.487 e. The number of carbonyl (C=O) groups is 1. The SMILES string of the molecule is B[C@@](C)(NC(=O)[C@H](C)F)c1cc(F)cc(Cl)c1COc1cccc2c(-n3ncnc3C)cc(C)nc12. The first-order chi connectivity index (χ1) is 17.0. The molecule has 2 aromatic carbocycles. The van der Waals surface area contributed by atoms with Gasteiger partial charge in [0.15, 0.2) is 6.17 Å². The molecule has 0 radical (unpaired) electrons. The molecule has 0 bridgehead atoms. The predicted molar refractivity (Wildman–Crippen MR) is 136 cm³/mol. The summed E-state index contributed by atoms with van der Waals surface area (Å²) in [5.74, 6) is -0.176. The van der Waals surface area contributed by atoms with E-state index in [0.717, 1.165) is 29.5 Å². The second kappa shape index (κ2) is 9.85. The zero-order valence-corrected chi connectivity index (χ0v) is 21.3. The molecule has 11 heteroatoms. The molecule has 0 fully saturated rings. The van der Waals surface area contributed by atoms with Gasteiger partial charge in [0.25, 0.3) is 5.91 Å². The number of aromatic nitrogens is 4. The minimum atomic E-state index is -1.72. The molecule has 0 saturated carbocycles. The average molecular weight is 512 g/mol. The van der Waals surface area contributed by atoms with Gasteiger partial charge in [0.05, 0.1) is 10.7 Å². The number of nitrogens with one attached hydrogen (secondary N) is 1. The van der Waals surface area contributed by atoms with Crippen molar-refractivity contribution in [2.75, 3.05) is 0 Å². The number of pyridine rings is 1. The van der Waals surface area contributed by atoms with Crippen molar-refractivity contribution in [1.29, 1.82) is 0 Å². The van der Waals surface area contributed by atoms with E-state index < -0.39 is 23.3 Å². The second-order valence-electron chi connectivity index (χ2n) is 9.09. The highest BCUT2D eigenvalue weighted by Gasteiger charge is 2.29. The minimum absolute atomic E-state index is 0.0364. The lowest BCUT2D eigenvalue weighted by atomic mass is 9.72. The Labute approximate surface area is 213 Å². The molecule has 0 aliphatic carbocycles. The van der Waals surface area contributed by atoms with E-state index in [-0.39, 0.29) is 11.6 Å². The number of carbonyl (C=O) groups excluding carboxylic acids is 1. The Morgan fingerprint density at radius 3 is 2.72 bits per heavy atom. The Balaban J connectivity index is 1.74. The number of para-hydroxylation sites is 1. The third kappa shape index (κ3) is 5.04. The van der Waals surface area contributed by atoms with Gasteiger partial charge in [-0.2, -0.15) is 5.10 Å². The fourth-order valence-electron chi connectivity index (χ4n) is 4.09. The monoisotopic (exact) mass is 511 g/mol. The number of halogens is 3. The summed E-state index contributed by atoms with van der Waals surface area (Å²) in [6.45, 7) is 6.48. The van der Waals surface area contributed by atoms with Crippen molar-refractivity contribution in [2.24, 2.45) is 0 Å². The Hall–Kier alpha value is -3.53. The molecule has 0 aliphatic rings. The van der Waals surface area contributed by atoms with Gasteiger partial charge in [0, 0.05) is 22.1 Å². The van der Waals surface area contributed by atoms with Crippen LogP contribution in [0.3, 0.4) is 0 Å². The molecule has 4 rings (SSSR count). The zero-order chi connectivity index (χ0) is 26.2. The van der Waals surface area contributed by atoms with Crippen LogP contribution in [0.2, 0.25) is 5.02 Å². The Kier molecular flexibility index (Phi) is 7.00. The smallest absolute Gasteiger partial charge is 0.254 e. The maximum Gasteiger partial charge on any atom is 0.254 e. The van der Waals surface area contributed by atoms with E-state index in [2.05, 4.69) is 20.4 Å². The zero-order valence-electron chi connectivity index (χ0n) is 20.6. The lowest BCUT2D eigenvalue weighted by Gasteiger charge is -2.30. The van der Waals surface area contributed by atoms with Crippen LogP contribution in [0.4, 0.5) is 8.78 Å². The molecule has 2 heterocycles. The number of rotatable bonds is 7. The highest BCUT2D eigenvalue weighted by atomic mass is 35.5. The van der Waals surface area contributed by atoms with Gasteiger partial charge in [0.2, 0.25) is 0 Å². The van der Waals surface area contributed by atoms with Crippen molar-refractivity contribution in [2.45, 2.75) is 45.9 Å². The highest BCUT2D eigenvalue weighted by Crippen LogP contribution is 2.33. The van der Waals surface area contributed by atoms with Crippen molar-refractivity contribution in [3.05, 3.63) is 76.2 Å². The summed E-state index contributed by atoms with van der Waals surface area (Å²) < 4.78 is 35.8. The van der Waals surface area contributed by atoms with Gasteiger partial charge < -0.3 is 10.1 Å². The van der Waals surface area contributed by atoms with E-state index in [0.29, 0.717) is 22.4 Å². The van der Waals surface area contributed by atoms with E-state index in [1.807, 2.05) is 32.0 Å². The van der Waals surface area contributed by atoms with E-state index >= 15 is 0 Å². The second-order valence-corrected chi connectivity index (χ2v) is 9.49. The third-order valence-corrected chi connectivity index (χ3v) is 6.19. The Morgan fingerprint density at radius 2 is 2.06 bits per heavy atom. The van der Waals surface area contributed by atoms with E-state index in [4.69, 9.17) is 16.3 Å². The number of benzene rings is 2. The van der Waals surface area contributed by atoms with Gasteiger partial charge in [0.1, 0.15) is 43.7 Å². The number of hydrogen-bond donors (Lipinski definition) is 1. The fraction of sp³-hybridized carbons (Fsp3) is 0.280. The maximum atomic E-state index is 14.3. The van der Waals surface area contributed by atoms with E-state index in [1.165, 1.54) is 18.5 Å². The molecular weight excluding hydrogens is 487 g/mol. The van der Waals surface area contributed by atoms with E-state index in [9.17, 15) is 13.6 Å². The van der Waals surface area contributed by atoms with Crippen LogP contribution in [0.1, 0.15) is 36.5 Å². The molecule has 186 valence electrons. The number of amides is 1. The van der Waals surface area contributed by atoms with Crippen LogP contribution >= 0.6 is 11.6 Å². The molecule has 2 atom stereocenters. The molecule has 1 N–H and O–H groups in total. The van der Waals surface area contributed by atoms with Crippen molar-refractivity contribution < 1.29 is 18.3 Å². The number of aryl methyl sites for hydroxylation is 2. The van der Waals surface area contributed by atoms with Gasteiger partial charge in [-0.05, 0) is 57.5 Å². The van der Waals surface area contributed by atoms with Crippen molar-refractivity contribution in [3.63, 3.8) is 0 Å². The molecule has 0 saturated heterocycles. The van der Waals surface area contributed by atoms with Gasteiger partial charge in [-0.15, -0.1) is 0 Å². The molecular formula is C25H25BClF2N5O2. The summed E-state index contributed by atoms with van der Waals surface area (Å²) in [4.78, 5) is 20.9. The molecule has 1 amide bonds. The van der Waals surface area contributed by atoms with Crippen LogP contribution in [0.25, 0.3) is 16.6 Å². The van der Waals surface area contributed by atoms with Crippen LogP contribution < -0.4 is 10.1 Å². The predicted octanol–water partition coefficient (Wildman–Crippen LogP) is 4.08. The summed E-state index contributed by atoms with van der Waals surface area (Å²) >= 11 is 6.42. The summed E-state index contributed by atoms with van der Waals surface area (Å²) in [5.41, 5.74) is 1.90. The van der Waals surface area contributed by atoms with Crippen molar-refractivity contribution >= 4 is 36.3 Å². The number of alkyl halides is 1. The average Bonchev–Trinajstić information content (AvgIpc) is 3.22. The first kappa shape index (κ1) is 25.6. The molecule has 0 aliphatic heterocycles. The van der Waals surface area contributed by atoms with Gasteiger partial charge in [-0.25, -0.2) is 23.4 Å². The summed E-state index contributed by atoms with van der Waals surface area (Å²) in [5, 5.41) is 7.86. The maximum absolute atomic E-state index is 14.3. The number of fused-ring (bicyclic) bond motifs is 1. The lowest BCUT2D eigenvalue weighted by molar-refractivity contribution is -0.126. The van der Waals surface area contributed by atoms with Gasteiger partial charge in [-0.1, -0.05) is 23.7 Å². The van der Waals surface area contributed by atoms with Crippen molar-refractivity contribution in [1.82, 2.24) is 25.1 Å². The number of ether oxygens (including phenoxy) is 1. The van der Waals surface area contributed by atoms with Crippen LogP contribution in [-0.4, -0.2) is 39.7 Å². The van der Waals surface area contributed by atoms with Gasteiger partial charge in [-0.3, -0.25) is 4.79 Å². The Bertz CT molecular complexity index is 1460. The summed E-state index contributed by atoms with van der Waals surface area (Å²) in [6, 6.07) is 9.89. The normalized spacial score (nSPS) is 13.9. The van der Waals surface area contributed by atoms with Crippen LogP contribution in [0.5, 0.6) is 5.75 Å². The number of hydrogen-bond acceptors (Lipinski definition) is 5. The molecule has 4 aromatic rings. The molecule has 0 unspecified atom stereocenters. The molecule has 2 aromatic heterocycles.